The predicted molar refractivity (Wildman–Crippen MR) is 76.5 cm³/mol. The van der Waals surface area contributed by atoms with E-state index in [-0.39, 0.29) is 12.4 Å². The van der Waals surface area contributed by atoms with E-state index in [2.05, 4.69) is 14.4 Å². The molecular formula is C14H14F3N3O5. The van der Waals surface area contributed by atoms with E-state index < -0.39 is 35.3 Å². The van der Waals surface area contributed by atoms with E-state index in [1.54, 1.807) is 5.32 Å². The van der Waals surface area contributed by atoms with Crippen molar-refractivity contribution in [3.8, 4) is 0 Å². The molecule has 1 atom stereocenters. The number of nitrogens with one attached hydrogen (secondary N) is 2. The zero-order chi connectivity index (χ0) is 18.7. The summed E-state index contributed by atoms with van der Waals surface area (Å²) in [4.78, 5) is 24.2. The topological polar surface area (TPSA) is 107 Å². The summed E-state index contributed by atoms with van der Waals surface area (Å²) in [6.07, 6.45) is -4.17. The van der Waals surface area contributed by atoms with Crippen molar-refractivity contribution in [3.05, 3.63) is 36.0 Å². The van der Waals surface area contributed by atoms with E-state index in [1.807, 2.05) is 5.32 Å². The van der Waals surface area contributed by atoms with Crippen LogP contribution in [0.1, 0.15) is 23.2 Å². The molecule has 1 amide bonds. The summed E-state index contributed by atoms with van der Waals surface area (Å²) in [6, 6.07) is 3.57. The number of anilines is 1. The van der Waals surface area contributed by atoms with Gasteiger partial charge in [0, 0.05) is 6.07 Å². The van der Waals surface area contributed by atoms with Gasteiger partial charge in [-0.1, -0.05) is 5.16 Å². The first kappa shape index (κ1) is 18.4. The third kappa shape index (κ3) is 3.75. The standard InChI is InChI=1S/C14H14F3N3O5/c1-3-23-12(22)13(14(15,16)17,18-10-7-8(2)25-20-10)19-11(21)9-5-4-6-24-9/h4-7H,3H2,1-2H3,(H,18,20)(H,19,21). The molecule has 136 valence electrons. The molecule has 2 heterocycles. The highest BCUT2D eigenvalue weighted by Gasteiger charge is 2.64. The molecule has 0 bridgehead atoms. The van der Waals surface area contributed by atoms with Crippen molar-refractivity contribution in [1.29, 1.82) is 0 Å². The summed E-state index contributed by atoms with van der Waals surface area (Å²) >= 11 is 0. The Labute approximate surface area is 139 Å². The fourth-order valence-corrected chi connectivity index (χ4v) is 1.89. The van der Waals surface area contributed by atoms with Gasteiger partial charge in [-0.3, -0.25) is 4.79 Å². The van der Waals surface area contributed by atoms with Crippen LogP contribution in [0.3, 0.4) is 0 Å². The van der Waals surface area contributed by atoms with Gasteiger partial charge in [0.15, 0.2) is 11.6 Å². The van der Waals surface area contributed by atoms with Gasteiger partial charge >= 0.3 is 17.8 Å². The van der Waals surface area contributed by atoms with Gasteiger partial charge in [0.2, 0.25) is 0 Å². The highest BCUT2D eigenvalue weighted by atomic mass is 19.4. The average Bonchev–Trinajstić information content (AvgIpc) is 3.17. The fourth-order valence-electron chi connectivity index (χ4n) is 1.89. The largest absolute Gasteiger partial charge is 0.463 e. The van der Waals surface area contributed by atoms with Crippen LogP contribution in [-0.4, -0.2) is 35.5 Å². The first-order valence-electron chi connectivity index (χ1n) is 7.01. The van der Waals surface area contributed by atoms with Gasteiger partial charge in [0.25, 0.3) is 5.91 Å². The number of halogens is 3. The van der Waals surface area contributed by atoms with Crippen LogP contribution in [0.4, 0.5) is 19.0 Å². The van der Waals surface area contributed by atoms with Crippen molar-refractivity contribution in [2.24, 2.45) is 0 Å². The lowest BCUT2D eigenvalue weighted by molar-refractivity contribution is -0.204. The van der Waals surface area contributed by atoms with Gasteiger partial charge < -0.3 is 24.3 Å². The maximum atomic E-state index is 13.8. The van der Waals surface area contributed by atoms with Crippen molar-refractivity contribution in [2.45, 2.75) is 25.7 Å². The van der Waals surface area contributed by atoms with Crippen molar-refractivity contribution >= 4 is 17.7 Å². The number of furan rings is 1. The van der Waals surface area contributed by atoms with E-state index in [4.69, 9.17) is 4.42 Å². The lowest BCUT2D eigenvalue weighted by Gasteiger charge is -2.34. The Morgan fingerprint density at radius 2 is 2.08 bits per heavy atom. The molecule has 2 N–H and O–H groups in total. The SMILES string of the molecule is CCOC(=O)C(NC(=O)c1ccco1)(Nc1cc(C)on1)C(F)(F)F. The Hall–Kier alpha value is -2.98. The number of rotatable bonds is 6. The molecule has 0 aliphatic rings. The minimum Gasteiger partial charge on any atom is -0.463 e. The minimum absolute atomic E-state index is 0.194. The van der Waals surface area contributed by atoms with E-state index in [9.17, 15) is 22.8 Å². The molecule has 1 unspecified atom stereocenters. The zero-order valence-corrected chi connectivity index (χ0v) is 13.1. The van der Waals surface area contributed by atoms with Crippen LogP contribution in [-0.2, 0) is 9.53 Å². The second-order valence-corrected chi connectivity index (χ2v) is 4.85. The lowest BCUT2D eigenvalue weighted by atomic mass is 10.1. The molecule has 25 heavy (non-hydrogen) atoms. The molecular weight excluding hydrogens is 347 g/mol. The van der Waals surface area contributed by atoms with Crippen LogP contribution in [0.15, 0.2) is 33.4 Å². The van der Waals surface area contributed by atoms with E-state index in [0.29, 0.717) is 0 Å². The molecule has 0 radical (unpaired) electrons. The first-order chi connectivity index (χ1) is 11.7. The van der Waals surface area contributed by atoms with E-state index in [0.717, 1.165) is 18.4 Å². The summed E-state index contributed by atoms with van der Waals surface area (Å²) in [5.41, 5.74) is -3.59. The molecule has 0 aliphatic carbocycles. The first-order valence-corrected chi connectivity index (χ1v) is 7.01. The number of esters is 1. The molecule has 8 nitrogen and oxygen atoms in total. The quantitative estimate of drug-likeness (QED) is 0.600. The van der Waals surface area contributed by atoms with Crippen LogP contribution < -0.4 is 10.6 Å². The summed E-state index contributed by atoms with van der Waals surface area (Å²) in [5, 5.41) is 6.80. The van der Waals surface area contributed by atoms with Gasteiger partial charge in [0.1, 0.15) is 5.76 Å². The Kier molecular flexibility index (Phi) is 5.04. The van der Waals surface area contributed by atoms with Crippen LogP contribution in [0.5, 0.6) is 0 Å². The van der Waals surface area contributed by atoms with Crippen LogP contribution in [0.2, 0.25) is 0 Å². The molecule has 0 fully saturated rings. The van der Waals surface area contributed by atoms with Crippen molar-refractivity contribution in [1.82, 2.24) is 10.5 Å². The van der Waals surface area contributed by atoms with Gasteiger partial charge in [-0.2, -0.15) is 13.2 Å². The van der Waals surface area contributed by atoms with Gasteiger partial charge in [0.05, 0.1) is 12.9 Å². The molecule has 0 saturated carbocycles. The maximum absolute atomic E-state index is 13.8. The molecule has 0 aliphatic heterocycles. The number of amides is 1. The molecule has 2 aromatic rings. The number of carbonyl (C=O) groups is 2. The maximum Gasteiger partial charge on any atom is 0.441 e. The van der Waals surface area contributed by atoms with Crippen molar-refractivity contribution < 1.29 is 36.4 Å². The van der Waals surface area contributed by atoms with Crippen molar-refractivity contribution in [3.63, 3.8) is 0 Å². The molecule has 2 aromatic heterocycles. The number of carbonyl (C=O) groups excluding carboxylic acids is 2. The number of ether oxygens (including phenoxy) is 1. The highest BCUT2D eigenvalue weighted by Crippen LogP contribution is 2.33. The number of hydrogen-bond acceptors (Lipinski definition) is 7. The molecule has 0 aromatic carbocycles. The van der Waals surface area contributed by atoms with Crippen LogP contribution >= 0.6 is 0 Å². The summed E-state index contributed by atoms with van der Waals surface area (Å²) in [6.45, 7) is 2.43. The summed E-state index contributed by atoms with van der Waals surface area (Å²) in [5.74, 6) is -3.68. The molecule has 2 rings (SSSR count). The molecule has 11 heteroatoms. The lowest BCUT2D eigenvalue weighted by Crippen LogP contribution is -2.69. The zero-order valence-electron chi connectivity index (χ0n) is 13.1. The smallest absolute Gasteiger partial charge is 0.441 e. The predicted octanol–water partition coefficient (Wildman–Crippen LogP) is 2.24. The third-order valence-corrected chi connectivity index (χ3v) is 3.00. The minimum atomic E-state index is -5.27. The third-order valence-electron chi connectivity index (χ3n) is 3.00. The second-order valence-electron chi connectivity index (χ2n) is 4.85. The van der Waals surface area contributed by atoms with E-state index in [1.165, 1.54) is 19.9 Å². The second kappa shape index (κ2) is 6.87. The Balaban J connectivity index is 2.45. The fraction of sp³-hybridized carbons (Fsp3) is 0.357. The average molecular weight is 361 g/mol. The Morgan fingerprint density at radius 1 is 1.36 bits per heavy atom. The number of nitrogens with zero attached hydrogens (tertiary/aromatic N) is 1. The molecule has 0 saturated heterocycles. The van der Waals surface area contributed by atoms with Gasteiger partial charge in [-0.25, -0.2) is 4.79 Å². The normalized spacial score (nSPS) is 13.8. The summed E-state index contributed by atoms with van der Waals surface area (Å²) < 4.78 is 55.3. The van der Waals surface area contributed by atoms with Gasteiger partial charge in [-0.05, 0) is 26.0 Å². The van der Waals surface area contributed by atoms with E-state index >= 15 is 0 Å². The molecule has 0 spiro atoms. The number of aryl methyl sites for hydroxylation is 1. The van der Waals surface area contributed by atoms with Crippen LogP contribution in [0.25, 0.3) is 0 Å². The highest BCUT2D eigenvalue weighted by molar-refractivity contribution is 5.97. The monoisotopic (exact) mass is 361 g/mol. The number of alkyl halides is 3. The number of hydrogen-bond donors (Lipinski definition) is 2. The van der Waals surface area contributed by atoms with Gasteiger partial charge in [-0.15, -0.1) is 0 Å². The Morgan fingerprint density at radius 3 is 2.56 bits per heavy atom. The Bertz CT molecular complexity index is 741. The summed E-state index contributed by atoms with van der Waals surface area (Å²) in [7, 11) is 0. The van der Waals surface area contributed by atoms with Crippen molar-refractivity contribution in [2.75, 3.05) is 11.9 Å². The van der Waals surface area contributed by atoms with Crippen LogP contribution in [0, 0.1) is 6.92 Å². The number of aromatic nitrogens is 1.